The van der Waals surface area contributed by atoms with Crippen LogP contribution in [0.3, 0.4) is 0 Å². The third-order valence-electron chi connectivity index (χ3n) is 6.21. The largest absolute Gasteiger partial charge is 0.354 e. The van der Waals surface area contributed by atoms with Crippen molar-refractivity contribution >= 4 is 11.7 Å². The molecule has 33 heavy (non-hydrogen) atoms. The topological polar surface area (TPSA) is 101 Å². The lowest BCUT2D eigenvalue weighted by Gasteiger charge is -2.34. The molecule has 2 heterocycles. The molecule has 1 aliphatic rings. The van der Waals surface area contributed by atoms with Crippen molar-refractivity contribution in [2.75, 3.05) is 50.8 Å². The van der Waals surface area contributed by atoms with Crippen LogP contribution in [0.15, 0.2) is 18.3 Å². The number of aromatic nitrogens is 1. The molecule has 1 N–H and O–H groups in total. The maximum atomic E-state index is 12.3. The minimum absolute atomic E-state index is 0.0477. The number of hydrogen-bond donors (Lipinski definition) is 1. The van der Waals surface area contributed by atoms with Crippen LogP contribution in [0.25, 0.3) is 0 Å². The van der Waals surface area contributed by atoms with E-state index in [0.717, 1.165) is 70.6 Å². The molecule has 0 radical (unpaired) electrons. The van der Waals surface area contributed by atoms with Crippen molar-refractivity contribution in [3.8, 4) is 0 Å². The highest BCUT2D eigenvalue weighted by molar-refractivity contribution is 5.94. The highest BCUT2D eigenvalue weighted by Gasteiger charge is 2.17. The number of anilines is 1. The van der Waals surface area contributed by atoms with Gasteiger partial charge in [-0.2, -0.15) is 0 Å². The summed E-state index contributed by atoms with van der Waals surface area (Å²) in [5.41, 5.74) is 0.621. The SMILES string of the molecule is CCN1CCN(c2ccc(C(=O)NCCCCCCCCCCCCO[N+](=O)[O-])cn2)CC1. The Balaban J connectivity index is 1.44. The Morgan fingerprint density at radius 1 is 1.00 bits per heavy atom. The summed E-state index contributed by atoms with van der Waals surface area (Å²) in [4.78, 5) is 35.9. The molecule has 186 valence electrons. The van der Waals surface area contributed by atoms with Crippen molar-refractivity contribution in [2.24, 2.45) is 0 Å². The zero-order valence-corrected chi connectivity index (χ0v) is 20.2. The number of carbonyl (C=O) groups is 1. The summed E-state index contributed by atoms with van der Waals surface area (Å²) in [7, 11) is 0. The van der Waals surface area contributed by atoms with Crippen molar-refractivity contribution in [3.63, 3.8) is 0 Å². The summed E-state index contributed by atoms with van der Waals surface area (Å²) >= 11 is 0. The van der Waals surface area contributed by atoms with E-state index in [4.69, 9.17) is 0 Å². The molecule has 9 heteroatoms. The number of likely N-dealkylation sites (N-methyl/N-ethyl adjacent to an activating group) is 1. The summed E-state index contributed by atoms with van der Waals surface area (Å²) in [6.07, 6.45) is 12.7. The average molecular weight is 464 g/mol. The zero-order valence-electron chi connectivity index (χ0n) is 20.2. The van der Waals surface area contributed by atoms with E-state index in [1.165, 1.54) is 32.1 Å². The third-order valence-corrected chi connectivity index (χ3v) is 6.21. The average Bonchev–Trinajstić information content (AvgIpc) is 2.84. The summed E-state index contributed by atoms with van der Waals surface area (Å²) in [6.45, 7) is 8.27. The van der Waals surface area contributed by atoms with Crippen LogP contribution in [-0.4, -0.2) is 66.8 Å². The van der Waals surface area contributed by atoms with Crippen LogP contribution >= 0.6 is 0 Å². The maximum absolute atomic E-state index is 12.3. The minimum Gasteiger partial charge on any atom is -0.354 e. The van der Waals surface area contributed by atoms with Gasteiger partial charge in [-0.3, -0.25) is 4.79 Å². The molecule has 1 amide bonds. The molecule has 0 unspecified atom stereocenters. The maximum Gasteiger partial charge on any atom is 0.294 e. The summed E-state index contributed by atoms with van der Waals surface area (Å²) in [6, 6.07) is 3.83. The summed E-state index contributed by atoms with van der Waals surface area (Å²) < 4.78 is 0. The van der Waals surface area contributed by atoms with E-state index in [0.29, 0.717) is 12.1 Å². The smallest absolute Gasteiger partial charge is 0.294 e. The van der Waals surface area contributed by atoms with Crippen molar-refractivity contribution in [3.05, 3.63) is 34.0 Å². The van der Waals surface area contributed by atoms with Gasteiger partial charge in [0.05, 0.1) is 12.2 Å². The predicted octanol–water partition coefficient (Wildman–Crippen LogP) is 4.06. The van der Waals surface area contributed by atoms with E-state index in [1.807, 2.05) is 12.1 Å². The molecule has 0 aromatic carbocycles. The van der Waals surface area contributed by atoms with Gasteiger partial charge in [0.15, 0.2) is 0 Å². The van der Waals surface area contributed by atoms with Gasteiger partial charge in [-0.25, -0.2) is 4.98 Å². The van der Waals surface area contributed by atoms with Gasteiger partial charge in [0.2, 0.25) is 0 Å². The molecule has 0 spiro atoms. The van der Waals surface area contributed by atoms with E-state index < -0.39 is 5.09 Å². The Hall–Kier alpha value is -2.42. The first kappa shape index (κ1) is 26.8. The summed E-state index contributed by atoms with van der Waals surface area (Å²) in [5, 5.41) is 12.3. The van der Waals surface area contributed by atoms with Crippen molar-refractivity contribution in [2.45, 2.75) is 71.1 Å². The Morgan fingerprint density at radius 2 is 1.61 bits per heavy atom. The van der Waals surface area contributed by atoms with E-state index in [-0.39, 0.29) is 12.5 Å². The number of hydrogen-bond acceptors (Lipinski definition) is 7. The van der Waals surface area contributed by atoms with Crippen LogP contribution in [0.4, 0.5) is 5.82 Å². The Labute approximate surface area is 198 Å². The number of piperazine rings is 1. The van der Waals surface area contributed by atoms with Gasteiger partial charge in [-0.15, -0.1) is 10.1 Å². The number of carbonyl (C=O) groups excluding carboxylic acids is 1. The van der Waals surface area contributed by atoms with E-state index >= 15 is 0 Å². The second-order valence-electron chi connectivity index (χ2n) is 8.67. The molecule has 0 atom stereocenters. The first-order valence-electron chi connectivity index (χ1n) is 12.6. The molecule has 1 aromatic heterocycles. The van der Waals surface area contributed by atoms with Crippen molar-refractivity contribution in [1.29, 1.82) is 0 Å². The first-order valence-corrected chi connectivity index (χ1v) is 12.6. The lowest BCUT2D eigenvalue weighted by atomic mass is 10.1. The van der Waals surface area contributed by atoms with Gasteiger partial charge in [-0.1, -0.05) is 58.3 Å². The van der Waals surface area contributed by atoms with Crippen LogP contribution in [0.2, 0.25) is 0 Å². The van der Waals surface area contributed by atoms with Crippen molar-refractivity contribution < 1.29 is 14.7 Å². The van der Waals surface area contributed by atoms with Crippen LogP contribution < -0.4 is 10.2 Å². The van der Waals surface area contributed by atoms with Crippen LogP contribution in [0, 0.1) is 10.1 Å². The highest BCUT2D eigenvalue weighted by Crippen LogP contribution is 2.14. The molecule has 1 fully saturated rings. The van der Waals surface area contributed by atoms with Crippen LogP contribution in [0.5, 0.6) is 0 Å². The molecule has 2 rings (SSSR count). The molecule has 1 saturated heterocycles. The fourth-order valence-corrected chi connectivity index (χ4v) is 4.08. The Morgan fingerprint density at radius 3 is 2.15 bits per heavy atom. The normalized spacial score (nSPS) is 14.3. The van der Waals surface area contributed by atoms with Crippen LogP contribution in [-0.2, 0) is 4.84 Å². The molecule has 1 aliphatic heterocycles. The molecular weight excluding hydrogens is 422 g/mol. The fourth-order valence-electron chi connectivity index (χ4n) is 4.08. The number of nitrogens with zero attached hydrogens (tertiary/aromatic N) is 4. The van der Waals surface area contributed by atoms with E-state index in [9.17, 15) is 14.9 Å². The van der Waals surface area contributed by atoms with E-state index in [1.54, 1.807) is 6.20 Å². The summed E-state index contributed by atoms with van der Waals surface area (Å²) in [5.74, 6) is 0.902. The fraction of sp³-hybridized carbons (Fsp3) is 0.750. The lowest BCUT2D eigenvalue weighted by molar-refractivity contribution is -0.757. The number of unbranched alkanes of at least 4 members (excludes halogenated alkanes) is 9. The Kier molecular flexibility index (Phi) is 13.2. The monoisotopic (exact) mass is 463 g/mol. The van der Waals surface area contributed by atoms with Gasteiger partial charge in [0.1, 0.15) is 5.82 Å². The van der Waals surface area contributed by atoms with Crippen molar-refractivity contribution in [1.82, 2.24) is 15.2 Å². The third kappa shape index (κ3) is 11.3. The highest BCUT2D eigenvalue weighted by atomic mass is 16.9. The predicted molar refractivity (Wildman–Crippen MR) is 130 cm³/mol. The van der Waals surface area contributed by atoms with Gasteiger partial charge >= 0.3 is 0 Å². The number of amides is 1. The van der Waals surface area contributed by atoms with Gasteiger partial charge in [-0.05, 0) is 31.5 Å². The number of nitrogens with one attached hydrogen (secondary N) is 1. The molecular formula is C24H41N5O4. The van der Waals surface area contributed by atoms with Gasteiger partial charge < -0.3 is 20.0 Å². The van der Waals surface area contributed by atoms with Gasteiger partial charge in [0.25, 0.3) is 11.0 Å². The number of rotatable bonds is 17. The van der Waals surface area contributed by atoms with Crippen LogP contribution in [0.1, 0.15) is 81.5 Å². The molecule has 0 bridgehead atoms. The lowest BCUT2D eigenvalue weighted by Crippen LogP contribution is -2.46. The van der Waals surface area contributed by atoms with E-state index in [2.05, 4.69) is 31.9 Å². The first-order chi connectivity index (χ1) is 16.1. The Bertz CT molecular complexity index is 678. The van der Waals surface area contributed by atoms with Gasteiger partial charge in [0, 0.05) is 38.9 Å². The second-order valence-corrected chi connectivity index (χ2v) is 8.67. The number of pyridine rings is 1. The quantitative estimate of drug-likeness (QED) is 0.211. The second kappa shape index (κ2) is 16.2. The zero-order chi connectivity index (χ0) is 23.7. The molecule has 9 nitrogen and oxygen atoms in total. The molecule has 1 aromatic rings. The minimum atomic E-state index is -0.726. The molecule has 0 aliphatic carbocycles. The molecule has 0 saturated carbocycles. The standard InChI is InChI=1S/C24H41N5O4/c1-2-27-16-18-28(19-17-27)23-14-13-22(21-26-23)24(30)25-15-11-9-7-5-3-4-6-8-10-12-20-33-29(31)32/h13-14,21H,2-12,15-20H2,1H3,(H,25,30).